The van der Waals surface area contributed by atoms with E-state index in [9.17, 15) is 4.79 Å². The number of amides is 1. The molecule has 26 heavy (non-hydrogen) atoms. The van der Waals surface area contributed by atoms with Gasteiger partial charge in [-0.1, -0.05) is 0 Å². The minimum absolute atomic E-state index is 0.0275. The SMILES string of the molecule is CN1CCN(C(=O)c2ccc3oc(-c4ccncn4)nc3c2)CC1(C)C. The van der Waals surface area contributed by atoms with Crippen LogP contribution in [0, 0.1) is 0 Å². The Kier molecular flexibility index (Phi) is 3.96. The van der Waals surface area contributed by atoms with Gasteiger partial charge < -0.3 is 9.32 Å². The van der Waals surface area contributed by atoms with Gasteiger partial charge in [-0.15, -0.1) is 0 Å². The van der Waals surface area contributed by atoms with Crippen LogP contribution in [0.3, 0.4) is 0 Å². The molecule has 1 amide bonds. The van der Waals surface area contributed by atoms with E-state index in [1.807, 2.05) is 4.90 Å². The molecule has 0 unspecified atom stereocenters. The van der Waals surface area contributed by atoms with Crippen molar-refractivity contribution in [2.75, 3.05) is 26.7 Å². The van der Waals surface area contributed by atoms with E-state index in [0.29, 0.717) is 34.8 Å². The lowest BCUT2D eigenvalue weighted by Crippen LogP contribution is -2.58. The summed E-state index contributed by atoms with van der Waals surface area (Å²) in [6.07, 6.45) is 3.09. The molecule has 134 valence electrons. The van der Waals surface area contributed by atoms with Crippen LogP contribution in [0.5, 0.6) is 0 Å². The molecule has 4 rings (SSSR count). The number of hydrogen-bond donors (Lipinski definition) is 0. The fourth-order valence-electron chi connectivity index (χ4n) is 3.18. The number of carbonyl (C=O) groups is 1. The second-order valence-corrected chi connectivity index (χ2v) is 7.26. The molecule has 1 aliphatic rings. The molecule has 7 nitrogen and oxygen atoms in total. The summed E-state index contributed by atoms with van der Waals surface area (Å²) in [4.78, 5) is 29.7. The van der Waals surface area contributed by atoms with Crippen molar-refractivity contribution in [3.63, 3.8) is 0 Å². The van der Waals surface area contributed by atoms with Gasteiger partial charge in [0.25, 0.3) is 5.91 Å². The van der Waals surface area contributed by atoms with Crippen molar-refractivity contribution in [3.8, 4) is 11.6 Å². The third kappa shape index (κ3) is 2.94. The zero-order chi connectivity index (χ0) is 18.3. The molecule has 1 fully saturated rings. The fraction of sp³-hybridized carbons (Fsp3) is 0.368. The van der Waals surface area contributed by atoms with Crippen LogP contribution in [0.4, 0.5) is 0 Å². The van der Waals surface area contributed by atoms with E-state index in [1.54, 1.807) is 30.5 Å². The fourth-order valence-corrected chi connectivity index (χ4v) is 3.18. The predicted octanol–water partition coefficient (Wildman–Crippen LogP) is 2.45. The average molecular weight is 351 g/mol. The van der Waals surface area contributed by atoms with Crippen LogP contribution in [0.1, 0.15) is 24.2 Å². The average Bonchev–Trinajstić information content (AvgIpc) is 3.07. The third-order valence-corrected chi connectivity index (χ3v) is 5.04. The Labute approximate surface area is 151 Å². The van der Waals surface area contributed by atoms with E-state index in [1.165, 1.54) is 6.33 Å². The first-order valence-electron chi connectivity index (χ1n) is 8.61. The maximum atomic E-state index is 12.9. The molecular formula is C19H21N5O2. The highest BCUT2D eigenvalue weighted by Gasteiger charge is 2.33. The Balaban J connectivity index is 1.62. The lowest BCUT2D eigenvalue weighted by atomic mass is 9.99. The van der Waals surface area contributed by atoms with E-state index < -0.39 is 0 Å². The van der Waals surface area contributed by atoms with Crippen LogP contribution < -0.4 is 0 Å². The summed E-state index contributed by atoms with van der Waals surface area (Å²) < 4.78 is 5.75. The highest BCUT2D eigenvalue weighted by Crippen LogP contribution is 2.25. The quantitative estimate of drug-likeness (QED) is 0.706. The number of fused-ring (bicyclic) bond motifs is 1. The summed E-state index contributed by atoms with van der Waals surface area (Å²) in [5.41, 5.74) is 2.49. The van der Waals surface area contributed by atoms with Gasteiger partial charge in [0.2, 0.25) is 5.89 Å². The molecule has 0 radical (unpaired) electrons. The van der Waals surface area contributed by atoms with E-state index in [-0.39, 0.29) is 11.4 Å². The number of likely N-dealkylation sites (N-methyl/N-ethyl adjacent to an activating group) is 1. The Morgan fingerprint density at radius 1 is 1.23 bits per heavy atom. The molecular weight excluding hydrogens is 330 g/mol. The van der Waals surface area contributed by atoms with Crippen molar-refractivity contribution in [1.82, 2.24) is 24.8 Å². The van der Waals surface area contributed by atoms with E-state index in [0.717, 1.165) is 13.1 Å². The molecule has 0 saturated carbocycles. The summed E-state index contributed by atoms with van der Waals surface area (Å²) in [7, 11) is 2.10. The highest BCUT2D eigenvalue weighted by atomic mass is 16.3. The first kappa shape index (κ1) is 16.7. The van der Waals surface area contributed by atoms with Crippen LogP contribution in [0.15, 0.2) is 41.2 Å². The Hall–Kier alpha value is -2.80. The maximum Gasteiger partial charge on any atom is 0.254 e. The molecule has 0 spiro atoms. The number of carbonyl (C=O) groups excluding carboxylic acids is 1. The summed E-state index contributed by atoms with van der Waals surface area (Å²) >= 11 is 0. The van der Waals surface area contributed by atoms with Gasteiger partial charge >= 0.3 is 0 Å². The lowest BCUT2D eigenvalue weighted by Gasteiger charge is -2.45. The first-order valence-corrected chi connectivity index (χ1v) is 8.61. The first-order chi connectivity index (χ1) is 12.4. The molecule has 0 atom stereocenters. The zero-order valence-corrected chi connectivity index (χ0v) is 15.1. The summed E-state index contributed by atoms with van der Waals surface area (Å²) in [5.74, 6) is 0.451. The van der Waals surface area contributed by atoms with Crippen LogP contribution in [-0.2, 0) is 0 Å². The number of rotatable bonds is 2. The largest absolute Gasteiger partial charge is 0.435 e. The van der Waals surface area contributed by atoms with Gasteiger partial charge in [-0.25, -0.2) is 15.0 Å². The molecule has 3 aromatic rings. The van der Waals surface area contributed by atoms with Gasteiger partial charge in [0, 0.05) is 36.9 Å². The number of benzene rings is 1. The van der Waals surface area contributed by atoms with Crippen LogP contribution in [-0.4, -0.2) is 62.9 Å². The number of oxazole rings is 1. The van der Waals surface area contributed by atoms with E-state index in [4.69, 9.17) is 4.42 Å². The Morgan fingerprint density at radius 3 is 2.81 bits per heavy atom. The third-order valence-electron chi connectivity index (χ3n) is 5.04. The number of nitrogens with zero attached hydrogens (tertiary/aromatic N) is 5. The van der Waals surface area contributed by atoms with Crippen molar-refractivity contribution < 1.29 is 9.21 Å². The number of hydrogen-bond acceptors (Lipinski definition) is 6. The minimum atomic E-state index is -0.0356. The standard InChI is InChI=1S/C19H21N5O2/c1-19(2)11-24(9-8-23(19)3)18(25)13-4-5-16-15(10-13)22-17(26-16)14-6-7-20-12-21-14/h4-7,10,12H,8-9,11H2,1-3H3. The lowest BCUT2D eigenvalue weighted by molar-refractivity contribution is 0.0311. The van der Waals surface area contributed by atoms with E-state index in [2.05, 4.69) is 40.7 Å². The molecule has 7 heteroatoms. The van der Waals surface area contributed by atoms with Gasteiger partial charge in [0.1, 0.15) is 17.5 Å². The molecule has 2 aromatic heterocycles. The van der Waals surface area contributed by atoms with Gasteiger partial charge in [-0.2, -0.15) is 0 Å². The van der Waals surface area contributed by atoms with Gasteiger partial charge in [0.15, 0.2) is 5.58 Å². The molecule has 0 bridgehead atoms. The van der Waals surface area contributed by atoms with Crippen LogP contribution in [0.25, 0.3) is 22.7 Å². The number of aromatic nitrogens is 3. The minimum Gasteiger partial charge on any atom is -0.435 e. The van der Waals surface area contributed by atoms with Crippen LogP contribution in [0.2, 0.25) is 0 Å². The van der Waals surface area contributed by atoms with Gasteiger partial charge in [-0.05, 0) is 45.2 Å². The van der Waals surface area contributed by atoms with Crippen molar-refractivity contribution in [1.29, 1.82) is 0 Å². The van der Waals surface area contributed by atoms with Crippen LogP contribution >= 0.6 is 0 Å². The molecule has 1 aromatic carbocycles. The monoisotopic (exact) mass is 351 g/mol. The molecule has 3 heterocycles. The topological polar surface area (TPSA) is 75.4 Å². The second kappa shape index (κ2) is 6.17. The molecule has 0 aliphatic carbocycles. The van der Waals surface area contributed by atoms with Gasteiger partial charge in [0.05, 0.1) is 0 Å². The second-order valence-electron chi connectivity index (χ2n) is 7.26. The Morgan fingerprint density at radius 2 is 2.08 bits per heavy atom. The molecule has 0 N–H and O–H groups in total. The van der Waals surface area contributed by atoms with Crippen molar-refractivity contribution >= 4 is 17.0 Å². The van der Waals surface area contributed by atoms with Crippen molar-refractivity contribution in [3.05, 3.63) is 42.4 Å². The maximum absolute atomic E-state index is 12.9. The van der Waals surface area contributed by atoms with E-state index >= 15 is 0 Å². The molecule has 1 saturated heterocycles. The highest BCUT2D eigenvalue weighted by molar-refractivity contribution is 5.97. The summed E-state index contributed by atoms with van der Waals surface area (Å²) in [6, 6.07) is 7.12. The van der Waals surface area contributed by atoms with Gasteiger partial charge in [-0.3, -0.25) is 9.69 Å². The van der Waals surface area contributed by atoms with Crippen molar-refractivity contribution in [2.24, 2.45) is 0 Å². The Bertz CT molecular complexity index is 951. The number of piperazine rings is 1. The summed E-state index contributed by atoms with van der Waals surface area (Å²) in [5, 5.41) is 0. The summed E-state index contributed by atoms with van der Waals surface area (Å²) in [6.45, 7) is 6.60. The molecule has 1 aliphatic heterocycles. The zero-order valence-electron chi connectivity index (χ0n) is 15.1. The smallest absolute Gasteiger partial charge is 0.254 e. The predicted molar refractivity (Wildman–Crippen MR) is 97.6 cm³/mol. The van der Waals surface area contributed by atoms with Crippen molar-refractivity contribution in [2.45, 2.75) is 19.4 Å². The normalized spacial score (nSPS) is 17.6.